The van der Waals surface area contributed by atoms with Crippen LogP contribution < -0.4 is 10.2 Å². The second-order valence-corrected chi connectivity index (χ2v) is 7.51. The first kappa shape index (κ1) is 17.6. The van der Waals surface area contributed by atoms with Gasteiger partial charge in [0.15, 0.2) is 0 Å². The summed E-state index contributed by atoms with van der Waals surface area (Å²) in [5.41, 5.74) is 1.97. The highest BCUT2D eigenvalue weighted by Crippen LogP contribution is 2.59. The average molecular weight is 373 g/mol. The predicted molar refractivity (Wildman–Crippen MR) is 96.5 cm³/mol. The molecule has 1 saturated carbocycles. The van der Waals surface area contributed by atoms with Crippen LogP contribution in [0.4, 0.5) is 15.3 Å². The fourth-order valence-corrected chi connectivity index (χ4v) is 4.27. The van der Waals surface area contributed by atoms with E-state index in [1.165, 1.54) is 19.6 Å². The quantitative estimate of drug-likeness (QED) is 0.864. The van der Waals surface area contributed by atoms with Crippen molar-refractivity contribution >= 4 is 23.8 Å². The third-order valence-corrected chi connectivity index (χ3v) is 5.79. The van der Waals surface area contributed by atoms with E-state index >= 15 is 0 Å². The number of hydrogen-bond donors (Lipinski definition) is 1. The number of anilines is 1. The minimum absolute atomic E-state index is 0.0200. The Bertz CT molecular complexity index is 780. The van der Waals surface area contributed by atoms with Crippen LogP contribution in [0.1, 0.15) is 18.9 Å². The zero-order valence-electron chi connectivity index (χ0n) is 15.4. The van der Waals surface area contributed by atoms with E-state index in [0.29, 0.717) is 25.6 Å². The van der Waals surface area contributed by atoms with Gasteiger partial charge >= 0.3 is 12.2 Å². The van der Waals surface area contributed by atoms with Crippen LogP contribution in [0.15, 0.2) is 24.3 Å². The zero-order valence-corrected chi connectivity index (χ0v) is 15.4. The molecule has 0 bridgehead atoms. The first-order valence-corrected chi connectivity index (χ1v) is 9.09. The van der Waals surface area contributed by atoms with Crippen LogP contribution in [0.25, 0.3) is 0 Å². The topological polar surface area (TPSA) is 88.2 Å². The van der Waals surface area contributed by atoms with Crippen LogP contribution >= 0.6 is 0 Å². The molecule has 1 aromatic carbocycles. The third-order valence-electron chi connectivity index (χ3n) is 5.79. The van der Waals surface area contributed by atoms with Gasteiger partial charge in [0.25, 0.3) is 0 Å². The number of piperidine rings is 1. The number of ether oxygens (including phenoxy) is 2. The molecular weight excluding hydrogens is 350 g/mol. The van der Waals surface area contributed by atoms with Crippen molar-refractivity contribution in [2.45, 2.75) is 24.9 Å². The molecule has 8 heteroatoms. The van der Waals surface area contributed by atoms with Crippen LogP contribution in [-0.4, -0.2) is 62.4 Å². The lowest BCUT2D eigenvalue weighted by Crippen LogP contribution is -2.33. The standard InChI is InChI=1S/C19H23N3O5/c1-12(23)20-8-16-10-22(18(25)27-16)15-5-3-13(4-6-15)19-7-14(19)9-21(11-19)17(24)26-2/h3-6,14,16H,7-11H2,1-2H3,(H,20,23)/t14-,16-,19+/m0/s1. The Balaban J connectivity index is 1.42. The van der Waals surface area contributed by atoms with Crippen molar-refractivity contribution in [3.8, 4) is 0 Å². The molecule has 27 heavy (non-hydrogen) atoms. The van der Waals surface area contributed by atoms with Crippen molar-refractivity contribution in [1.29, 1.82) is 0 Å². The minimum Gasteiger partial charge on any atom is -0.453 e. The first-order valence-electron chi connectivity index (χ1n) is 9.09. The summed E-state index contributed by atoms with van der Waals surface area (Å²) in [5.74, 6) is 0.325. The number of amides is 3. The van der Waals surface area contributed by atoms with Crippen molar-refractivity contribution in [2.24, 2.45) is 5.92 Å². The van der Waals surface area contributed by atoms with Crippen molar-refractivity contribution in [2.75, 3.05) is 38.2 Å². The summed E-state index contributed by atoms with van der Waals surface area (Å²) in [6.45, 7) is 3.56. The highest BCUT2D eigenvalue weighted by atomic mass is 16.6. The number of nitrogens with zero attached hydrogens (tertiary/aromatic N) is 2. The van der Waals surface area contributed by atoms with E-state index in [2.05, 4.69) is 5.32 Å². The Labute approximate surface area is 157 Å². The number of likely N-dealkylation sites (tertiary alicyclic amines) is 1. The normalized spacial score (nSPS) is 28.6. The van der Waals surface area contributed by atoms with Crippen LogP contribution in [0.3, 0.4) is 0 Å². The summed E-state index contributed by atoms with van der Waals surface area (Å²) in [7, 11) is 1.40. The van der Waals surface area contributed by atoms with Crippen LogP contribution in [0, 0.1) is 5.92 Å². The Morgan fingerprint density at radius 1 is 1.30 bits per heavy atom. The number of rotatable bonds is 4. The van der Waals surface area contributed by atoms with E-state index in [1.54, 1.807) is 9.80 Å². The molecule has 1 aliphatic carbocycles. The minimum atomic E-state index is -0.404. The number of fused-ring (bicyclic) bond motifs is 1. The second-order valence-electron chi connectivity index (χ2n) is 7.51. The molecule has 3 atom stereocenters. The van der Waals surface area contributed by atoms with Gasteiger partial charge in [0.05, 0.1) is 20.2 Å². The molecule has 1 aromatic rings. The van der Waals surface area contributed by atoms with Crippen molar-refractivity contribution in [3.05, 3.63) is 29.8 Å². The van der Waals surface area contributed by atoms with E-state index in [0.717, 1.165) is 18.7 Å². The molecule has 3 amide bonds. The largest absolute Gasteiger partial charge is 0.453 e. The summed E-state index contributed by atoms with van der Waals surface area (Å²) >= 11 is 0. The molecule has 3 aliphatic rings. The van der Waals surface area contributed by atoms with Gasteiger partial charge in [0.2, 0.25) is 5.91 Å². The Hall–Kier alpha value is -2.77. The van der Waals surface area contributed by atoms with Gasteiger partial charge < -0.3 is 19.7 Å². The van der Waals surface area contributed by atoms with Crippen LogP contribution in [0.2, 0.25) is 0 Å². The smallest absolute Gasteiger partial charge is 0.414 e. The second kappa shape index (κ2) is 6.44. The van der Waals surface area contributed by atoms with Crippen molar-refractivity contribution < 1.29 is 23.9 Å². The first-order chi connectivity index (χ1) is 12.9. The zero-order chi connectivity index (χ0) is 19.2. The Morgan fingerprint density at radius 3 is 2.70 bits per heavy atom. The molecule has 8 nitrogen and oxygen atoms in total. The maximum absolute atomic E-state index is 12.1. The molecule has 0 spiro atoms. The highest BCUT2D eigenvalue weighted by molar-refractivity contribution is 5.89. The maximum atomic E-state index is 12.1. The number of methoxy groups -OCH3 is 1. The van der Waals surface area contributed by atoms with Gasteiger partial charge in [0.1, 0.15) is 6.10 Å². The van der Waals surface area contributed by atoms with E-state index in [1.807, 2.05) is 24.3 Å². The molecule has 3 fully saturated rings. The third kappa shape index (κ3) is 3.09. The lowest BCUT2D eigenvalue weighted by Gasteiger charge is -2.20. The monoisotopic (exact) mass is 373 g/mol. The van der Waals surface area contributed by atoms with Gasteiger partial charge in [-0.15, -0.1) is 0 Å². The lowest BCUT2D eigenvalue weighted by atomic mass is 9.95. The van der Waals surface area contributed by atoms with Crippen molar-refractivity contribution in [1.82, 2.24) is 10.2 Å². The number of nitrogens with one attached hydrogen (secondary N) is 1. The lowest BCUT2D eigenvalue weighted by molar-refractivity contribution is -0.119. The highest BCUT2D eigenvalue weighted by Gasteiger charge is 2.61. The molecule has 2 heterocycles. The predicted octanol–water partition coefficient (Wildman–Crippen LogP) is 1.49. The average Bonchev–Trinajstić information content (AvgIpc) is 3.03. The van der Waals surface area contributed by atoms with E-state index in [-0.39, 0.29) is 23.5 Å². The van der Waals surface area contributed by atoms with Gasteiger partial charge in [-0.2, -0.15) is 0 Å². The van der Waals surface area contributed by atoms with E-state index in [9.17, 15) is 14.4 Å². The van der Waals surface area contributed by atoms with Gasteiger partial charge in [-0.05, 0) is 30.0 Å². The van der Waals surface area contributed by atoms with Gasteiger partial charge in [-0.1, -0.05) is 12.1 Å². The van der Waals surface area contributed by atoms with E-state index < -0.39 is 6.09 Å². The summed E-state index contributed by atoms with van der Waals surface area (Å²) in [6, 6.07) is 7.90. The molecule has 144 valence electrons. The fraction of sp³-hybridized carbons (Fsp3) is 0.526. The number of cyclic esters (lactones) is 1. The SMILES string of the molecule is COC(=O)N1C[C@@H]2C[C@]2(c2ccc(N3C[C@H](CNC(C)=O)OC3=O)cc2)C1. The maximum Gasteiger partial charge on any atom is 0.414 e. The van der Waals surface area contributed by atoms with Crippen LogP contribution in [-0.2, 0) is 19.7 Å². The van der Waals surface area contributed by atoms with E-state index in [4.69, 9.17) is 9.47 Å². The fourth-order valence-electron chi connectivity index (χ4n) is 4.27. The molecule has 1 N–H and O–H groups in total. The number of carbonyl (C=O) groups excluding carboxylic acids is 3. The molecule has 0 radical (unpaired) electrons. The number of hydrogen-bond acceptors (Lipinski definition) is 5. The molecular formula is C19H23N3O5. The summed E-state index contributed by atoms with van der Waals surface area (Å²) in [5, 5.41) is 2.67. The van der Waals surface area contributed by atoms with Crippen molar-refractivity contribution in [3.63, 3.8) is 0 Å². The molecule has 2 aliphatic heterocycles. The van der Waals surface area contributed by atoms with Crippen LogP contribution in [0.5, 0.6) is 0 Å². The summed E-state index contributed by atoms with van der Waals surface area (Å²) in [6.07, 6.45) is 0.0437. The number of benzene rings is 1. The summed E-state index contributed by atoms with van der Waals surface area (Å²) < 4.78 is 10.1. The molecule has 2 saturated heterocycles. The van der Waals surface area contributed by atoms with Gasteiger partial charge in [-0.25, -0.2) is 9.59 Å². The summed E-state index contributed by atoms with van der Waals surface area (Å²) in [4.78, 5) is 38.2. The molecule has 0 aromatic heterocycles. The molecule has 4 rings (SSSR count). The molecule has 0 unspecified atom stereocenters. The van der Waals surface area contributed by atoms with Gasteiger partial charge in [0, 0.05) is 31.1 Å². The Kier molecular flexibility index (Phi) is 4.20. The Morgan fingerprint density at radius 2 is 2.04 bits per heavy atom. The van der Waals surface area contributed by atoms with Gasteiger partial charge in [-0.3, -0.25) is 9.69 Å². The number of carbonyl (C=O) groups is 3.